The number of hydrogen-bond acceptors (Lipinski definition) is 28. The van der Waals surface area contributed by atoms with Gasteiger partial charge in [0.15, 0.2) is 23.1 Å². The maximum atomic E-state index is 14.2. The Morgan fingerprint density at radius 2 is 1.30 bits per heavy atom. The summed E-state index contributed by atoms with van der Waals surface area (Å²) in [6.45, 7) is 2.07. The Kier molecular flexibility index (Phi) is 22.9. The van der Waals surface area contributed by atoms with Crippen LogP contribution in [0.4, 0.5) is 5.82 Å². The average molecular weight is 1010 g/mol. The number of carbonyl (C=O) groups excluding carboxylic acids is 2. The number of aromatic nitrogens is 4. The van der Waals surface area contributed by atoms with Crippen LogP contribution in [0.1, 0.15) is 70.8 Å². The number of rotatable bonds is 33. The number of methoxy groups -OCH3 is 1. The summed E-state index contributed by atoms with van der Waals surface area (Å²) in [5.41, 5.74) is 0.0971. The first-order valence-electron chi connectivity index (χ1n) is 21.0. The molecule has 0 saturated carbocycles. The quantitative estimate of drug-likeness (QED) is 0.0183. The fourth-order valence-corrected chi connectivity index (χ4v) is 7.28. The summed E-state index contributed by atoms with van der Waals surface area (Å²) in [5.74, 6) is -1.76. The highest BCUT2D eigenvalue weighted by atomic mass is 32.2. The van der Waals surface area contributed by atoms with E-state index < -0.39 is 74.2 Å². The molecule has 0 aliphatic carbocycles. The predicted molar refractivity (Wildman–Crippen MR) is 228 cm³/mol. The Labute approximate surface area is 399 Å². The van der Waals surface area contributed by atoms with Crippen molar-refractivity contribution in [2.75, 3.05) is 38.3 Å². The number of carbonyl (C=O) groups is 2. The lowest BCUT2D eigenvalue weighted by molar-refractivity contribution is -0.527. The molecule has 0 spiro atoms. The molecule has 2 aromatic heterocycles. The van der Waals surface area contributed by atoms with Crippen LogP contribution in [0.3, 0.4) is 0 Å². The number of nitrogens with one attached hydrogen (secondary N) is 1. The van der Waals surface area contributed by atoms with E-state index >= 15 is 0 Å². The molecular formula is C40H55N9O20S. The van der Waals surface area contributed by atoms with E-state index in [0.29, 0.717) is 12.0 Å². The smallest absolute Gasteiger partial charge is 0.305 e. The minimum absolute atomic E-state index is 0.0201. The molecule has 2 unspecified atom stereocenters. The highest BCUT2D eigenvalue weighted by Gasteiger charge is 2.28. The van der Waals surface area contributed by atoms with Crippen molar-refractivity contribution in [3.63, 3.8) is 0 Å². The van der Waals surface area contributed by atoms with E-state index in [2.05, 4.69) is 44.0 Å². The van der Waals surface area contributed by atoms with E-state index in [4.69, 9.17) is 60.6 Å². The highest BCUT2D eigenvalue weighted by Crippen LogP contribution is 2.41. The van der Waals surface area contributed by atoms with Crippen LogP contribution in [0.2, 0.25) is 0 Å². The zero-order valence-corrected chi connectivity index (χ0v) is 38.8. The molecule has 4 aromatic rings. The molecule has 2 heterocycles. The fourth-order valence-electron chi connectivity index (χ4n) is 6.28. The van der Waals surface area contributed by atoms with Gasteiger partial charge in [-0.1, -0.05) is 38.1 Å². The third-order valence-electron chi connectivity index (χ3n) is 9.80. The summed E-state index contributed by atoms with van der Waals surface area (Å²) in [5, 5.41) is 68.6. The maximum Gasteiger partial charge on any atom is 0.305 e. The molecule has 0 bridgehead atoms. The van der Waals surface area contributed by atoms with E-state index in [1.165, 1.54) is 43.8 Å². The molecule has 30 heteroatoms. The summed E-state index contributed by atoms with van der Waals surface area (Å²) in [6.07, 6.45) is 1.49. The van der Waals surface area contributed by atoms with Crippen LogP contribution in [-0.4, -0.2) is 149 Å². The molecule has 0 saturated heterocycles. The molecule has 386 valence electrons. The van der Waals surface area contributed by atoms with Crippen LogP contribution < -0.4 is 18.9 Å². The van der Waals surface area contributed by atoms with Gasteiger partial charge in [0.2, 0.25) is 11.6 Å². The van der Waals surface area contributed by atoms with Crippen molar-refractivity contribution in [2.24, 2.45) is 0 Å². The van der Waals surface area contributed by atoms with Gasteiger partial charge in [0.05, 0.1) is 33.6 Å². The summed E-state index contributed by atoms with van der Waals surface area (Å²) in [6, 6.07) is 13.9. The molecule has 2 aromatic carbocycles. The van der Waals surface area contributed by atoms with E-state index in [0.717, 1.165) is 0 Å². The molecule has 0 aliphatic heterocycles. The van der Waals surface area contributed by atoms with Crippen molar-refractivity contribution in [3.8, 4) is 34.8 Å². The second-order valence-corrected chi connectivity index (χ2v) is 17.0. The lowest BCUT2D eigenvalue weighted by atomic mass is 9.80. The number of hydrogen-bond donors (Lipinski definition) is 9. The van der Waals surface area contributed by atoms with Crippen LogP contribution in [-0.2, 0) is 49.1 Å². The zero-order chi connectivity index (χ0) is 51.3. The molecule has 0 radical (unpaired) electrons. The Bertz CT molecular complexity index is 2340. The third-order valence-corrected chi connectivity index (χ3v) is 11.2. The Balaban J connectivity index is 1.52. The van der Waals surface area contributed by atoms with Crippen LogP contribution in [0, 0.1) is 0 Å². The Hall–Kier alpha value is -5.75. The summed E-state index contributed by atoms with van der Waals surface area (Å²) < 4.78 is 53.7. The van der Waals surface area contributed by atoms with Crippen LogP contribution in [0.15, 0.2) is 71.9 Å². The predicted octanol–water partition coefficient (Wildman–Crippen LogP) is 4.21. The first kappa shape index (κ1) is 56.8. The monoisotopic (exact) mass is 1010 g/mol. The molecular weight excluding hydrogens is 959 g/mol. The topological polar surface area (TPSA) is 381 Å². The lowest BCUT2D eigenvalue weighted by Gasteiger charge is -2.25. The molecule has 0 amide bonds. The van der Waals surface area contributed by atoms with Gasteiger partial charge >= 0.3 is 5.97 Å². The fraction of sp³-hybridized carbons (Fsp3) is 0.450. The van der Waals surface area contributed by atoms with Gasteiger partial charge in [0.25, 0.3) is 15.9 Å². The summed E-state index contributed by atoms with van der Waals surface area (Å²) >= 11 is 0. The number of ether oxygens (including phenoxy) is 4. The molecule has 29 nitrogen and oxygen atoms in total. The third kappa shape index (κ3) is 19.6. The maximum absolute atomic E-state index is 14.2. The van der Waals surface area contributed by atoms with Gasteiger partial charge in [-0.05, 0) is 73.4 Å². The second kappa shape index (κ2) is 28.2. The van der Waals surface area contributed by atoms with Gasteiger partial charge in [-0.25, -0.2) is 42.7 Å². The van der Waals surface area contributed by atoms with Crippen LogP contribution in [0.25, 0.3) is 11.6 Å². The number of para-hydroxylation sites is 2. The number of sulfonamides is 1. The first-order valence-corrected chi connectivity index (χ1v) is 22.5. The van der Waals surface area contributed by atoms with Crippen molar-refractivity contribution >= 4 is 27.6 Å². The van der Waals surface area contributed by atoms with Gasteiger partial charge in [-0.15, -0.1) is 0 Å². The molecule has 4 rings (SSSR count). The molecule has 0 fully saturated rings. The standard InChI is InChI=1S/C40H55N9O20S/c1-40(2,20-19-28(50)9-6-10-29(68-48(56)57)25-65-46(52)53)27-15-17-31(18-16-27)70(60,61)45-36-35(67-33-13-5-4-12-32(33)62-3)39(44-38(43-36)37-41-21-8-22-42-37)64-24-23-63-34(51)14-7-11-30(69-49(58)59)26-66-47(54)55/h4-5,8,12-13,15-18,21-22,29-30,52-59H,6-7,9-11,14,19-20,23-26H2,1-3H3,(H,43,44,45). The Morgan fingerprint density at radius 1 is 0.714 bits per heavy atom. The van der Waals surface area contributed by atoms with E-state index in [-0.39, 0.29) is 104 Å². The van der Waals surface area contributed by atoms with Crippen molar-refractivity contribution in [3.05, 3.63) is 72.6 Å². The van der Waals surface area contributed by atoms with Crippen molar-refractivity contribution < 1.29 is 98.0 Å². The number of esters is 1. The van der Waals surface area contributed by atoms with Gasteiger partial charge in [0.1, 0.15) is 44.4 Å². The van der Waals surface area contributed by atoms with E-state index in [9.17, 15) is 18.0 Å². The molecule has 9 N–H and O–H groups in total. The lowest BCUT2D eigenvalue weighted by Crippen LogP contribution is -2.31. The number of ketones is 1. The van der Waals surface area contributed by atoms with Crippen LogP contribution >= 0.6 is 0 Å². The number of anilines is 1. The molecule has 0 aliphatic rings. The van der Waals surface area contributed by atoms with Gasteiger partial charge in [-0.3, -0.25) is 56.0 Å². The molecule has 2 atom stereocenters. The van der Waals surface area contributed by atoms with Crippen LogP contribution in [0.5, 0.6) is 23.1 Å². The van der Waals surface area contributed by atoms with E-state index in [1.54, 1.807) is 30.3 Å². The first-order chi connectivity index (χ1) is 33.3. The van der Waals surface area contributed by atoms with Gasteiger partial charge in [-0.2, -0.15) is 4.98 Å². The number of Topliss-reactive ketones (excluding diaryl/α,β-unsaturated/α-hetero) is 1. The normalized spacial score (nSPS) is 12.9. The van der Waals surface area contributed by atoms with E-state index in [1.807, 2.05) is 13.8 Å². The van der Waals surface area contributed by atoms with Gasteiger partial charge in [0, 0.05) is 31.7 Å². The van der Waals surface area contributed by atoms with Crippen molar-refractivity contribution in [1.29, 1.82) is 0 Å². The Morgan fingerprint density at radius 3 is 1.87 bits per heavy atom. The summed E-state index contributed by atoms with van der Waals surface area (Å²) in [4.78, 5) is 60.7. The molecule has 70 heavy (non-hydrogen) atoms. The average Bonchev–Trinajstić information content (AvgIpc) is 3.31. The van der Waals surface area contributed by atoms with Gasteiger partial charge < -0.3 is 18.9 Å². The summed E-state index contributed by atoms with van der Waals surface area (Å²) in [7, 11) is -3.09. The minimum atomic E-state index is -4.48. The SMILES string of the molecule is COc1ccccc1Oc1c(NS(=O)(=O)c2ccc(C(C)(C)CCC(=O)CCCC(CON(O)O)ON(O)O)cc2)nc(-c2ncccn2)nc1OCCOC(=O)CCCC(CON(O)O)ON(O)O. The number of benzene rings is 2. The van der Waals surface area contributed by atoms with Crippen molar-refractivity contribution in [2.45, 2.75) is 87.7 Å². The zero-order valence-electron chi connectivity index (χ0n) is 38.0. The van der Waals surface area contributed by atoms with Crippen molar-refractivity contribution in [1.82, 2.24) is 41.5 Å². The largest absolute Gasteiger partial charge is 0.493 e. The number of nitrogens with zero attached hydrogens (tertiary/aromatic N) is 8. The highest BCUT2D eigenvalue weighted by molar-refractivity contribution is 7.92. The second-order valence-electron chi connectivity index (χ2n) is 15.3. The minimum Gasteiger partial charge on any atom is -0.493 e.